The summed E-state index contributed by atoms with van der Waals surface area (Å²) in [6.45, 7) is 3.78. The predicted molar refractivity (Wildman–Crippen MR) is 95.2 cm³/mol. The van der Waals surface area contributed by atoms with E-state index in [-0.39, 0.29) is 24.8 Å². The van der Waals surface area contributed by atoms with Crippen molar-refractivity contribution in [2.75, 3.05) is 27.3 Å². The highest BCUT2D eigenvalue weighted by Gasteiger charge is 2.43. The molecular weight excluding hydrogens is 338 g/mol. The molecule has 1 aromatic carbocycles. The summed E-state index contributed by atoms with van der Waals surface area (Å²) in [6.07, 6.45) is 0.698. The molecule has 0 atom stereocenters. The number of carbonyl (C=O) groups excluding carboxylic acids is 3. The standard InChI is InChI=1S/C18H25N3O5/c1-18(2)16(23)21(17(24)20-18)10-8-15(22)19-9-7-12-5-6-13(25-3)14(11-12)26-4/h5-6,11H,7-10H2,1-4H3,(H,19,22)(H,20,24). The summed E-state index contributed by atoms with van der Waals surface area (Å²) < 4.78 is 10.4. The monoisotopic (exact) mass is 363 g/mol. The lowest BCUT2D eigenvalue weighted by Crippen LogP contribution is -2.40. The molecule has 0 bridgehead atoms. The molecular formula is C18H25N3O5. The summed E-state index contributed by atoms with van der Waals surface area (Å²) in [6, 6.07) is 5.12. The minimum Gasteiger partial charge on any atom is -0.493 e. The van der Waals surface area contributed by atoms with Gasteiger partial charge in [0.1, 0.15) is 5.54 Å². The number of nitrogens with zero attached hydrogens (tertiary/aromatic N) is 1. The fourth-order valence-corrected chi connectivity index (χ4v) is 2.71. The van der Waals surface area contributed by atoms with Gasteiger partial charge < -0.3 is 20.1 Å². The minimum absolute atomic E-state index is 0.0658. The van der Waals surface area contributed by atoms with Crippen molar-refractivity contribution in [1.29, 1.82) is 0 Å². The van der Waals surface area contributed by atoms with E-state index in [9.17, 15) is 14.4 Å². The summed E-state index contributed by atoms with van der Waals surface area (Å²) in [5.41, 5.74) is 0.0832. The van der Waals surface area contributed by atoms with Crippen LogP contribution in [0.5, 0.6) is 11.5 Å². The highest BCUT2D eigenvalue weighted by atomic mass is 16.5. The summed E-state index contributed by atoms with van der Waals surface area (Å²) in [5, 5.41) is 5.38. The maximum absolute atomic E-state index is 12.1. The van der Waals surface area contributed by atoms with Gasteiger partial charge in [0.05, 0.1) is 14.2 Å². The van der Waals surface area contributed by atoms with E-state index < -0.39 is 11.6 Å². The van der Waals surface area contributed by atoms with Crippen molar-refractivity contribution in [1.82, 2.24) is 15.5 Å². The SMILES string of the molecule is COc1ccc(CCNC(=O)CCN2C(=O)NC(C)(C)C2=O)cc1OC. The van der Waals surface area contributed by atoms with Crippen LogP contribution in [0.25, 0.3) is 0 Å². The van der Waals surface area contributed by atoms with Crippen LogP contribution in [0.3, 0.4) is 0 Å². The average Bonchev–Trinajstić information content (AvgIpc) is 2.80. The first-order valence-electron chi connectivity index (χ1n) is 8.40. The van der Waals surface area contributed by atoms with E-state index in [4.69, 9.17) is 9.47 Å². The Balaban J connectivity index is 1.78. The quantitative estimate of drug-likeness (QED) is 0.674. The lowest BCUT2D eigenvalue weighted by molar-refractivity contribution is -0.130. The van der Waals surface area contributed by atoms with E-state index >= 15 is 0 Å². The van der Waals surface area contributed by atoms with Crippen molar-refractivity contribution in [2.24, 2.45) is 0 Å². The van der Waals surface area contributed by atoms with Crippen LogP contribution in [-0.2, 0) is 16.0 Å². The van der Waals surface area contributed by atoms with Crippen molar-refractivity contribution >= 4 is 17.8 Å². The molecule has 1 heterocycles. The Morgan fingerprint density at radius 2 is 1.88 bits per heavy atom. The van der Waals surface area contributed by atoms with Gasteiger partial charge in [-0.25, -0.2) is 4.79 Å². The molecule has 2 rings (SSSR count). The molecule has 0 spiro atoms. The van der Waals surface area contributed by atoms with Crippen molar-refractivity contribution in [3.05, 3.63) is 23.8 Å². The largest absolute Gasteiger partial charge is 0.493 e. The van der Waals surface area contributed by atoms with Crippen LogP contribution in [0.4, 0.5) is 4.79 Å². The van der Waals surface area contributed by atoms with Gasteiger partial charge in [-0.05, 0) is 38.0 Å². The lowest BCUT2D eigenvalue weighted by atomic mass is 10.1. The predicted octanol–water partition coefficient (Wildman–Crippen LogP) is 1.08. The third kappa shape index (κ3) is 4.44. The molecule has 1 fully saturated rings. The molecule has 0 aliphatic carbocycles. The average molecular weight is 363 g/mol. The Morgan fingerprint density at radius 1 is 1.19 bits per heavy atom. The van der Waals surface area contributed by atoms with E-state index in [0.29, 0.717) is 24.5 Å². The Bertz CT molecular complexity index is 702. The molecule has 0 aromatic heterocycles. The van der Waals surface area contributed by atoms with Gasteiger partial charge >= 0.3 is 6.03 Å². The summed E-state index contributed by atoms with van der Waals surface area (Å²) in [4.78, 5) is 36.9. The Morgan fingerprint density at radius 3 is 2.46 bits per heavy atom. The maximum Gasteiger partial charge on any atom is 0.325 e. The van der Waals surface area contributed by atoms with E-state index in [2.05, 4.69) is 10.6 Å². The summed E-state index contributed by atoms with van der Waals surface area (Å²) in [5.74, 6) is 0.755. The molecule has 26 heavy (non-hydrogen) atoms. The van der Waals surface area contributed by atoms with Gasteiger partial charge in [-0.3, -0.25) is 14.5 Å². The number of benzene rings is 1. The summed E-state index contributed by atoms with van der Waals surface area (Å²) in [7, 11) is 3.14. The minimum atomic E-state index is -0.916. The second-order valence-electron chi connectivity index (χ2n) is 6.55. The number of rotatable bonds is 8. The zero-order valence-corrected chi connectivity index (χ0v) is 15.5. The highest BCUT2D eigenvalue weighted by molar-refractivity contribution is 6.06. The van der Waals surface area contributed by atoms with Crippen molar-refractivity contribution in [3.63, 3.8) is 0 Å². The third-order valence-corrected chi connectivity index (χ3v) is 4.19. The van der Waals surface area contributed by atoms with Gasteiger partial charge in [0, 0.05) is 19.5 Å². The Kier molecular flexibility index (Phi) is 6.07. The van der Waals surface area contributed by atoms with Gasteiger partial charge in [0.25, 0.3) is 5.91 Å². The van der Waals surface area contributed by atoms with E-state index in [1.165, 1.54) is 0 Å². The molecule has 4 amide bonds. The maximum atomic E-state index is 12.1. The number of imide groups is 1. The van der Waals surface area contributed by atoms with Crippen molar-refractivity contribution in [3.8, 4) is 11.5 Å². The van der Waals surface area contributed by atoms with Crippen LogP contribution >= 0.6 is 0 Å². The molecule has 142 valence electrons. The zero-order valence-electron chi connectivity index (χ0n) is 15.5. The van der Waals surface area contributed by atoms with Gasteiger partial charge in [0.2, 0.25) is 5.91 Å². The van der Waals surface area contributed by atoms with Crippen LogP contribution in [0.2, 0.25) is 0 Å². The van der Waals surface area contributed by atoms with Gasteiger partial charge in [-0.15, -0.1) is 0 Å². The molecule has 1 saturated heterocycles. The molecule has 0 saturated carbocycles. The molecule has 8 heteroatoms. The van der Waals surface area contributed by atoms with E-state index in [0.717, 1.165) is 10.5 Å². The number of ether oxygens (including phenoxy) is 2. The first-order valence-corrected chi connectivity index (χ1v) is 8.40. The van der Waals surface area contributed by atoms with Crippen LogP contribution in [-0.4, -0.2) is 55.6 Å². The van der Waals surface area contributed by atoms with Crippen molar-refractivity contribution < 1.29 is 23.9 Å². The number of hydrogen-bond donors (Lipinski definition) is 2. The van der Waals surface area contributed by atoms with Gasteiger partial charge in [-0.2, -0.15) is 0 Å². The zero-order chi connectivity index (χ0) is 19.3. The van der Waals surface area contributed by atoms with Gasteiger partial charge in [0.15, 0.2) is 11.5 Å². The van der Waals surface area contributed by atoms with Crippen LogP contribution in [0, 0.1) is 0 Å². The smallest absolute Gasteiger partial charge is 0.325 e. The Labute approximate surface area is 152 Å². The second-order valence-corrected chi connectivity index (χ2v) is 6.55. The molecule has 0 unspecified atom stereocenters. The number of nitrogens with one attached hydrogen (secondary N) is 2. The number of hydrogen-bond acceptors (Lipinski definition) is 5. The van der Waals surface area contributed by atoms with E-state index in [1.54, 1.807) is 28.1 Å². The molecule has 8 nitrogen and oxygen atoms in total. The van der Waals surface area contributed by atoms with Gasteiger partial charge in [-0.1, -0.05) is 6.07 Å². The molecule has 1 aliphatic rings. The highest BCUT2D eigenvalue weighted by Crippen LogP contribution is 2.27. The van der Waals surface area contributed by atoms with Crippen LogP contribution in [0.1, 0.15) is 25.8 Å². The summed E-state index contributed by atoms with van der Waals surface area (Å²) >= 11 is 0. The number of amides is 4. The molecule has 0 radical (unpaired) electrons. The molecule has 2 N–H and O–H groups in total. The molecule has 1 aliphatic heterocycles. The lowest BCUT2D eigenvalue weighted by Gasteiger charge is -2.15. The normalized spacial score (nSPS) is 15.6. The number of urea groups is 1. The third-order valence-electron chi connectivity index (χ3n) is 4.19. The number of methoxy groups -OCH3 is 2. The topological polar surface area (TPSA) is 97.0 Å². The first kappa shape index (κ1) is 19.6. The fraction of sp³-hybridized carbons (Fsp3) is 0.500. The van der Waals surface area contributed by atoms with E-state index in [1.807, 2.05) is 18.2 Å². The molecule has 1 aromatic rings. The number of carbonyl (C=O) groups is 3. The first-order chi connectivity index (χ1) is 12.3. The van der Waals surface area contributed by atoms with Crippen molar-refractivity contribution in [2.45, 2.75) is 32.2 Å². The fourth-order valence-electron chi connectivity index (χ4n) is 2.71. The Hall–Kier alpha value is -2.77. The van der Waals surface area contributed by atoms with Crippen LogP contribution in [0.15, 0.2) is 18.2 Å². The van der Waals surface area contributed by atoms with Crippen LogP contribution < -0.4 is 20.1 Å². The second kappa shape index (κ2) is 8.07.